The molecule has 1 aromatic carbocycles. The van der Waals surface area contributed by atoms with E-state index in [4.69, 9.17) is 11.6 Å². The van der Waals surface area contributed by atoms with Gasteiger partial charge in [-0.05, 0) is 36.8 Å². The van der Waals surface area contributed by atoms with Crippen LogP contribution in [0.5, 0.6) is 0 Å². The molecule has 2 rings (SSSR count). The van der Waals surface area contributed by atoms with Crippen molar-refractivity contribution in [3.05, 3.63) is 52.8 Å². The first kappa shape index (κ1) is 19.1. The fourth-order valence-corrected chi connectivity index (χ4v) is 2.26. The third kappa shape index (κ3) is 5.35. The van der Waals surface area contributed by atoms with Crippen molar-refractivity contribution in [2.24, 2.45) is 0 Å². The highest BCUT2D eigenvalue weighted by Gasteiger charge is 2.34. The summed E-state index contributed by atoms with van der Waals surface area (Å²) in [6.45, 7) is 2.85. The Morgan fingerprint density at radius 2 is 2.00 bits per heavy atom. The Hall–Kier alpha value is -2.28. The van der Waals surface area contributed by atoms with Gasteiger partial charge in [0.15, 0.2) is 0 Å². The molecule has 0 saturated heterocycles. The summed E-state index contributed by atoms with van der Waals surface area (Å²) in [4.78, 5) is 16.1. The number of carbonyl (C=O) groups excluding carboxylic acids is 1. The zero-order valence-corrected chi connectivity index (χ0v) is 14.2. The quantitative estimate of drug-likeness (QED) is 0.684. The van der Waals surface area contributed by atoms with Crippen LogP contribution in [-0.4, -0.2) is 17.4 Å². The maximum Gasteiger partial charge on any atom is 0.418 e. The van der Waals surface area contributed by atoms with Crippen molar-refractivity contribution >= 4 is 28.9 Å². The first-order valence-electron chi connectivity index (χ1n) is 7.69. The van der Waals surface area contributed by atoms with E-state index < -0.39 is 17.6 Å². The number of amides is 1. The normalized spacial score (nSPS) is 11.2. The Kier molecular flexibility index (Phi) is 6.25. The van der Waals surface area contributed by atoms with Gasteiger partial charge >= 0.3 is 6.18 Å². The van der Waals surface area contributed by atoms with Gasteiger partial charge in [0, 0.05) is 11.6 Å². The SMILES string of the molecule is CCCCNc1ccc(C(=O)Nc2ccc(Cl)cc2C(F)(F)F)nc1. The van der Waals surface area contributed by atoms with E-state index >= 15 is 0 Å². The van der Waals surface area contributed by atoms with Crippen LogP contribution >= 0.6 is 11.6 Å². The molecule has 0 spiro atoms. The minimum Gasteiger partial charge on any atom is -0.384 e. The van der Waals surface area contributed by atoms with Crippen LogP contribution in [0.4, 0.5) is 24.5 Å². The summed E-state index contributed by atoms with van der Waals surface area (Å²) in [5, 5.41) is 5.31. The number of nitrogens with zero attached hydrogens (tertiary/aromatic N) is 1. The van der Waals surface area contributed by atoms with Crippen LogP contribution in [0, 0.1) is 0 Å². The minimum atomic E-state index is -4.63. The molecule has 1 heterocycles. The molecule has 2 aromatic rings. The van der Waals surface area contributed by atoms with Crippen LogP contribution in [-0.2, 0) is 6.18 Å². The van der Waals surface area contributed by atoms with Gasteiger partial charge in [0.2, 0.25) is 0 Å². The number of aromatic nitrogens is 1. The van der Waals surface area contributed by atoms with E-state index in [2.05, 4.69) is 22.5 Å². The molecular formula is C17H17ClF3N3O. The Morgan fingerprint density at radius 3 is 2.60 bits per heavy atom. The smallest absolute Gasteiger partial charge is 0.384 e. The molecule has 2 N–H and O–H groups in total. The summed E-state index contributed by atoms with van der Waals surface area (Å²) >= 11 is 5.61. The van der Waals surface area contributed by atoms with Gasteiger partial charge in [0.1, 0.15) is 5.69 Å². The molecule has 0 aliphatic rings. The Morgan fingerprint density at radius 1 is 1.24 bits per heavy atom. The summed E-state index contributed by atoms with van der Waals surface area (Å²) in [5.74, 6) is -0.729. The molecule has 8 heteroatoms. The lowest BCUT2D eigenvalue weighted by Crippen LogP contribution is -2.17. The fraction of sp³-hybridized carbons (Fsp3) is 0.294. The van der Waals surface area contributed by atoms with Crippen molar-refractivity contribution in [3.63, 3.8) is 0 Å². The highest BCUT2D eigenvalue weighted by atomic mass is 35.5. The topological polar surface area (TPSA) is 54.0 Å². The minimum absolute atomic E-state index is 0.0177. The highest BCUT2D eigenvalue weighted by Crippen LogP contribution is 2.36. The first-order valence-corrected chi connectivity index (χ1v) is 8.07. The lowest BCUT2D eigenvalue weighted by atomic mass is 10.1. The van der Waals surface area contributed by atoms with Gasteiger partial charge in [-0.3, -0.25) is 4.79 Å². The van der Waals surface area contributed by atoms with Gasteiger partial charge in [-0.1, -0.05) is 24.9 Å². The van der Waals surface area contributed by atoms with Crippen LogP contribution in [0.2, 0.25) is 5.02 Å². The van der Waals surface area contributed by atoms with Crippen molar-refractivity contribution in [1.29, 1.82) is 0 Å². The number of benzene rings is 1. The van der Waals surface area contributed by atoms with Gasteiger partial charge < -0.3 is 10.6 Å². The van der Waals surface area contributed by atoms with Gasteiger partial charge in [0.05, 0.1) is 23.1 Å². The summed E-state index contributed by atoms with van der Waals surface area (Å²) in [7, 11) is 0. The van der Waals surface area contributed by atoms with Gasteiger partial charge in [-0.15, -0.1) is 0 Å². The third-order valence-electron chi connectivity index (χ3n) is 3.39. The zero-order chi connectivity index (χ0) is 18.4. The number of hydrogen-bond donors (Lipinski definition) is 2. The van der Waals surface area contributed by atoms with E-state index in [1.54, 1.807) is 6.07 Å². The van der Waals surface area contributed by atoms with Gasteiger partial charge in [0.25, 0.3) is 5.91 Å². The molecule has 0 unspecified atom stereocenters. The number of hydrogen-bond acceptors (Lipinski definition) is 3. The van der Waals surface area contributed by atoms with Crippen molar-refractivity contribution in [1.82, 2.24) is 4.98 Å². The molecule has 1 amide bonds. The monoisotopic (exact) mass is 371 g/mol. The predicted molar refractivity (Wildman–Crippen MR) is 92.0 cm³/mol. The molecule has 0 bridgehead atoms. The Bertz CT molecular complexity index is 733. The fourth-order valence-electron chi connectivity index (χ4n) is 2.09. The number of alkyl halides is 3. The van der Waals surface area contributed by atoms with E-state index in [-0.39, 0.29) is 16.4 Å². The average molecular weight is 372 g/mol. The molecule has 134 valence electrons. The molecule has 0 aliphatic carbocycles. The molecule has 0 radical (unpaired) electrons. The third-order valence-corrected chi connectivity index (χ3v) is 3.63. The largest absolute Gasteiger partial charge is 0.418 e. The van der Waals surface area contributed by atoms with Crippen LogP contribution < -0.4 is 10.6 Å². The summed E-state index contributed by atoms with van der Waals surface area (Å²) < 4.78 is 39.1. The number of pyridine rings is 1. The van der Waals surface area contributed by atoms with E-state index in [0.29, 0.717) is 0 Å². The van der Waals surface area contributed by atoms with E-state index in [0.717, 1.165) is 37.2 Å². The van der Waals surface area contributed by atoms with E-state index in [9.17, 15) is 18.0 Å². The van der Waals surface area contributed by atoms with Crippen LogP contribution in [0.15, 0.2) is 36.5 Å². The summed E-state index contributed by atoms with van der Waals surface area (Å²) in [6.07, 6.45) is -1.12. The standard InChI is InChI=1S/C17H17ClF3N3O/c1-2-3-8-22-12-5-7-15(23-10-12)16(25)24-14-6-4-11(18)9-13(14)17(19,20)21/h4-7,9-10,22H,2-3,8H2,1H3,(H,24,25). The molecule has 0 aliphatic heterocycles. The van der Waals surface area contributed by atoms with Crippen LogP contribution in [0.3, 0.4) is 0 Å². The molecule has 1 aromatic heterocycles. The number of unbranched alkanes of at least 4 members (excludes halogenated alkanes) is 1. The average Bonchev–Trinajstić information content (AvgIpc) is 2.56. The Balaban J connectivity index is 2.12. The first-order chi connectivity index (χ1) is 11.8. The lowest BCUT2D eigenvalue weighted by Gasteiger charge is -2.14. The number of rotatable bonds is 6. The summed E-state index contributed by atoms with van der Waals surface area (Å²) in [5.41, 5.74) is -0.614. The van der Waals surface area contributed by atoms with Crippen molar-refractivity contribution in [2.75, 3.05) is 17.2 Å². The van der Waals surface area contributed by atoms with Crippen molar-refractivity contribution in [3.8, 4) is 0 Å². The molecule has 4 nitrogen and oxygen atoms in total. The van der Waals surface area contributed by atoms with E-state index in [1.165, 1.54) is 18.3 Å². The second-order valence-corrected chi connectivity index (χ2v) is 5.79. The predicted octanol–water partition coefficient (Wildman–Crippen LogP) is 5.22. The highest BCUT2D eigenvalue weighted by molar-refractivity contribution is 6.30. The molecule has 0 fully saturated rings. The second-order valence-electron chi connectivity index (χ2n) is 5.35. The molecule has 0 saturated carbocycles. The maximum atomic E-state index is 13.0. The number of carbonyl (C=O) groups is 1. The van der Waals surface area contributed by atoms with Gasteiger partial charge in [-0.25, -0.2) is 4.98 Å². The second kappa shape index (κ2) is 8.20. The summed E-state index contributed by atoms with van der Waals surface area (Å²) in [6, 6.07) is 6.27. The zero-order valence-electron chi connectivity index (χ0n) is 13.5. The maximum absolute atomic E-state index is 13.0. The molecule has 0 atom stereocenters. The number of anilines is 2. The van der Waals surface area contributed by atoms with Crippen molar-refractivity contribution in [2.45, 2.75) is 25.9 Å². The lowest BCUT2D eigenvalue weighted by molar-refractivity contribution is -0.136. The van der Waals surface area contributed by atoms with E-state index in [1.807, 2.05) is 0 Å². The van der Waals surface area contributed by atoms with Crippen molar-refractivity contribution < 1.29 is 18.0 Å². The molecule has 25 heavy (non-hydrogen) atoms. The van der Waals surface area contributed by atoms with Gasteiger partial charge in [-0.2, -0.15) is 13.2 Å². The number of nitrogens with one attached hydrogen (secondary N) is 2. The Labute approximate surface area is 148 Å². The number of halogens is 4. The van der Waals surface area contributed by atoms with Crippen LogP contribution in [0.25, 0.3) is 0 Å². The molecular weight excluding hydrogens is 355 g/mol. The van der Waals surface area contributed by atoms with Crippen LogP contribution in [0.1, 0.15) is 35.8 Å².